The molecule has 0 spiro atoms. The van der Waals surface area contributed by atoms with Crippen LogP contribution in [0.4, 0.5) is 0 Å². The maximum atomic E-state index is 13.3. The zero-order valence-electron chi connectivity index (χ0n) is 17.1. The molecule has 1 aliphatic heterocycles. The number of carbonyl (C=O) groups excluding carboxylic acids is 1. The summed E-state index contributed by atoms with van der Waals surface area (Å²) in [6.45, 7) is 9.29. The Morgan fingerprint density at radius 3 is 2.21 bits per heavy atom. The van der Waals surface area contributed by atoms with Crippen molar-refractivity contribution in [2.45, 2.75) is 46.7 Å². The molecule has 3 rings (SSSR count). The number of sulfonamides is 1. The van der Waals surface area contributed by atoms with Gasteiger partial charge < -0.3 is 5.32 Å². The Hall–Kier alpha value is -2.61. The van der Waals surface area contributed by atoms with Crippen molar-refractivity contribution in [2.75, 3.05) is 0 Å². The molecule has 0 fully saturated rings. The maximum Gasteiger partial charge on any atom is 0.285 e. The molecular weight excluding hydrogens is 376 g/mol. The van der Waals surface area contributed by atoms with Gasteiger partial charge in [0.15, 0.2) is 0 Å². The van der Waals surface area contributed by atoms with E-state index in [4.69, 9.17) is 0 Å². The third-order valence-electron chi connectivity index (χ3n) is 4.87. The molecule has 0 radical (unpaired) electrons. The summed E-state index contributed by atoms with van der Waals surface area (Å²) in [5.41, 5.74) is 2.47. The molecule has 0 atom stereocenters. The first-order valence-corrected chi connectivity index (χ1v) is 10.5. The summed E-state index contributed by atoms with van der Waals surface area (Å²) >= 11 is 0. The van der Waals surface area contributed by atoms with E-state index in [2.05, 4.69) is 10.4 Å². The van der Waals surface area contributed by atoms with Crippen LogP contribution in [0.15, 0.2) is 36.0 Å². The summed E-state index contributed by atoms with van der Waals surface area (Å²) in [7, 11) is -2.12. The minimum Gasteiger partial charge on any atom is -0.375 e. The van der Waals surface area contributed by atoms with Crippen LogP contribution in [0.3, 0.4) is 0 Å². The molecule has 0 saturated carbocycles. The largest absolute Gasteiger partial charge is 0.375 e. The number of nitrogens with zero attached hydrogens (tertiary/aromatic N) is 3. The number of rotatable bonds is 4. The van der Waals surface area contributed by atoms with Gasteiger partial charge in [-0.3, -0.25) is 9.48 Å². The highest BCUT2D eigenvalue weighted by Crippen LogP contribution is 2.38. The standard InChI is InChI=1S/C20H26N4O3S/c1-13-16(14(2)23(6)22-13)12-21-17-18(15-10-8-7-9-11-15)28(26,27)24(19(17)25)20(3,4)5/h7-11,21H,12H2,1-6H3. The fraction of sp³-hybridized carbons (Fsp3) is 0.400. The summed E-state index contributed by atoms with van der Waals surface area (Å²) < 4.78 is 29.3. The molecule has 0 aliphatic carbocycles. The lowest BCUT2D eigenvalue weighted by Gasteiger charge is -2.30. The summed E-state index contributed by atoms with van der Waals surface area (Å²) in [5, 5.41) is 7.49. The second-order valence-electron chi connectivity index (χ2n) is 7.94. The lowest BCUT2D eigenvalue weighted by molar-refractivity contribution is -0.125. The van der Waals surface area contributed by atoms with E-state index in [0.29, 0.717) is 12.1 Å². The van der Waals surface area contributed by atoms with Crippen LogP contribution < -0.4 is 5.32 Å². The molecule has 1 aliphatic rings. The molecule has 28 heavy (non-hydrogen) atoms. The molecule has 1 N–H and O–H groups in total. The first kappa shape index (κ1) is 20.1. The number of benzene rings is 1. The predicted molar refractivity (Wildman–Crippen MR) is 108 cm³/mol. The zero-order chi connectivity index (χ0) is 20.9. The number of aromatic nitrogens is 2. The number of hydrogen-bond donors (Lipinski definition) is 1. The summed E-state index contributed by atoms with van der Waals surface area (Å²) in [5.74, 6) is -0.537. The Labute approximate surface area is 166 Å². The van der Waals surface area contributed by atoms with E-state index < -0.39 is 21.5 Å². The second kappa shape index (κ2) is 6.77. The lowest BCUT2D eigenvalue weighted by atomic mass is 10.1. The number of nitrogens with one attached hydrogen (secondary N) is 1. The Kier molecular flexibility index (Phi) is 4.87. The average Bonchev–Trinajstić information content (AvgIpc) is 2.94. The third kappa shape index (κ3) is 3.22. The van der Waals surface area contributed by atoms with Crippen LogP contribution in [0.25, 0.3) is 4.91 Å². The van der Waals surface area contributed by atoms with Crippen molar-refractivity contribution in [1.29, 1.82) is 0 Å². The molecular formula is C20H26N4O3S. The van der Waals surface area contributed by atoms with Crippen LogP contribution in [-0.4, -0.2) is 33.9 Å². The van der Waals surface area contributed by atoms with Gasteiger partial charge in [0.2, 0.25) is 0 Å². The fourth-order valence-electron chi connectivity index (χ4n) is 3.48. The van der Waals surface area contributed by atoms with Gasteiger partial charge in [0.1, 0.15) is 10.6 Å². The minimum absolute atomic E-state index is 0.0206. The van der Waals surface area contributed by atoms with Crippen LogP contribution in [0.2, 0.25) is 0 Å². The Bertz CT molecular complexity index is 1060. The highest BCUT2D eigenvalue weighted by atomic mass is 32.2. The zero-order valence-corrected chi connectivity index (χ0v) is 17.9. The van der Waals surface area contributed by atoms with Crippen LogP contribution in [0.1, 0.15) is 43.3 Å². The second-order valence-corrected chi connectivity index (χ2v) is 9.67. The number of amides is 1. The van der Waals surface area contributed by atoms with Crippen molar-refractivity contribution in [3.63, 3.8) is 0 Å². The summed E-state index contributed by atoms with van der Waals surface area (Å²) in [4.78, 5) is 13.2. The van der Waals surface area contributed by atoms with Gasteiger partial charge in [-0.05, 0) is 40.2 Å². The van der Waals surface area contributed by atoms with Gasteiger partial charge in [0.25, 0.3) is 15.9 Å². The fourth-order valence-corrected chi connectivity index (χ4v) is 5.55. The van der Waals surface area contributed by atoms with Gasteiger partial charge in [-0.2, -0.15) is 5.10 Å². The van der Waals surface area contributed by atoms with E-state index in [1.807, 2.05) is 27.0 Å². The van der Waals surface area contributed by atoms with Crippen molar-refractivity contribution in [3.05, 3.63) is 58.5 Å². The Morgan fingerprint density at radius 2 is 1.71 bits per heavy atom. The molecule has 2 aromatic rings. The van der Waals surface area contributed by atoms with Crippen LogP contribution >= 0.6 is 0 Å². The van der Waals surface area contributed by atoms with E-state index in [0.717, 1.165) is 21.3 Å². The van der Waals surface area contributed by atoms with Crippen molar-refractivity contribution < 1.29 is 13.2 Å². The highest BCUT2D eigenvalue weighted by Gasteiger charge is 2.49. The average molecular weight is 403 g/mol. The van der Waals surface area contributed by atoms with Crippen LogP contribution in [0.5, 0.6) is 0 Å². The smallest absolute Gasteiger partial charge is 0.285 e. The van der Waals surface area contributed by atoms with Gasteiger partial charge >= 0.3 is 0 Å². The molecule has 150 valence electrons. The molecule has 1 aromatic carbocycles. The minimum atomic E-state index is -3.98. The number of aryl methyl sites for hydroxylation is 2. The molecule has 2 heterocycles. The van der Waals surface area contributed by atoms with Gasteiger partial charge in [0, 0.05) is 24.8 Å². The monoisotopic (exact) mass is 402 g/mol. The molecule has 0 bridgehead atoms. The van der Waals surface area contributed by atoms with E-state index >= 15 is 0 Å². The Morgan fingerprint density at radius 1 is 1.11 bits per heavy atom. The van der Waals surface area contributed by atoms with E-state index in [-0.39, 0.29) is 10.6 Å². The highest BCUT2D eigenvalue weighted by molar-refractivity contribution is 7.99. The van der Waals surface area contributed by atoms with Crippen molar-refractivity contribution in [3.8, 4) is 0 Å². The van der Waals surface area contributed by atoms with Crippen LogP contribution in [0, 0.1) is 13.8 Å². The number of hydrogen-bond acceptors (Lipinski definition) is 5. The van der Waals surface area contributed by atoms with Crippen molar-refractivity contribution >= 4 is 20.8 Å². The third-order valence-corrected chi connectivity index (χ3v) is 7.02. The van der Waals surface area contributed by atoms with E-state index in [1.165, 1.54) is 0 Å². The maximum absolute atomic E-state index is 13.3. The lowest BCUT2D eigenvalue weighted by Crippen LogP contribution is -2.46. The summed E-state index contributed by atoms with van der Waals surface area (Å²) in [6, 6.07) is 8.73. The van der Waals surface area contributed by atoms with E-state index in [9.17, 15) is 13.2 Å². The van der Waals surface area contributed by atoms with Crippen LogP contribution in [-0.2, 0) is 28.4 Å². The summed E-state index contributed by atoms with van der Waals surface area (Å²) in [6.07, 6.45) is 0. The van der Waals surface area contributed by atoms with Gasteiger partial charge in [-0.1, -0.05) is 30.3 Å². The quantitative estimate of drug-likeness (QED) is 0.849. The van der Waals surface area contributed by atoms with Gasteiger partial charge in [-0.15, -0.1) is 0 Å². The van der Waals surface area contributed by atoms with Gasteiger partial charge in [0.05, 0.1) is 11.2 Å². The Balaban J connectivity index is 2.11. The first-order chi connectivity index (χ1) is 13.0. The topological polar surface area (TPSA) is 84.3 Å². The van der Waals surface area contributed by atoms with Gasteiger partial charge in [-0.25, -0.2) is 12.7 Å². The number of carbonyl (C=O) groups is 1. The molecule has 8 heteroatoms. The normalized spacial score (nSPS) is 16.8. The van der Waals surface area contributed by atoms with Crippen molar-refractivity contribution in [2.24, 2.45) is 7.05 Å². The molecule has 0 saturated heterocycles. The predicted octanol–water partition coefficient (Wildman–Crippen LogP) is 2.47. The molecule has 7 nitrogen and oxygen atoms in total. The SMILES string of the molecule is Cc1nn(C)c(C)c1CNC1=C(c2ccccc2)S(=O)(=O)N(C(C)(C)C)C1=O. The van der Waals surface area contributed by atoms with E-state index in [1.54, 1.807) is 49.7 Å². The molecule has 1 aromatic heterocycles. The molecule has 1 amide bonds. The first-order valence-electron chi connectivity index (χ1n) is 9.08. The molecule has 0 unspecified atom stereocenters. The van der Waals surface area contributed by atoms with Crippen molar-refractivity contribution in [1.82, 2.24) is 19.4 Å².